The fourth-order valence-corrected chi connectivity index (χ4v) is 8.78. The van der Waals surface area contributed by atoms with Gasteiger partial charge in [0.1, 0.15) is 5.52 Å². The minimum absolute atomic E-state index is 0.544. The van der Waals surface area contributed by atoms with Gasteiger partial charge in [0.05, 0.1) is 5.56 Å². The van der Waals surface area contributed by atoms with Crippen LogP contribution < -0.4 is 0 Å². The fraction of sp³-hybridized carbons (Fsp3) is 0. The number of thiophene rings is 1. The third-order valence-electron chi connectivity index (χ3n) is 10.1. The van der Waals surface area contributed by atoms with E-state index in [0.717, 1.165) is 70.4 Å². The minimum atomic E-state index is 0.544. The maximum absolute atomic E-state index is 6.55. The van der Waals surface area contributed by atoms with Crippen molar-refractivity contribution in [3.05, 3.63) is 170 Å². The highest BCUT2D eigenvalue weighted by Gasteiger charge is 2.25. The van der Waals surface area contributed by atoms with Crippen LogP contribution in [0.5, 0.6) is 0 Å². The Balaban J connectivity index is 1.26. The summed E-state index contributed by atoms with van der Waals surface area (Å²) >= 11 is 1.74. The van der Waals surface area contributed by atoms with Crippen molar-refractivity contribution >= 4 is 64.2 Å². The smallest absolute Gasteiger partial charge is 0.227 e. The third-order valence-corrected chi connectivity index (χ3v) is 11.3. The number of hydrogen-bond acceptors (Lipinski definition) is 6. The molecule has 252 valence electrons. The number of benzene rings is 8. The van der Waals surface area contributed by atoms with Crippen LogP contribution in [0.1, 0.15) is 0 Å². The van der Waals surface area contributed by atoms with Crippen LogP contribution in [0.4, 0.5) is 0 Å². The Morgan fingerprint density at radius 1 is 0.407 bits per heavy atom. The maximum atomic E-state index is 6.55. The molecule has 0 amide bonds. The molecule has 0 aliphatic carbocycles. The molecule has 0 saturated carbocycles. The van der Waals surface area contributed by atoms with Crippen molar-refractivity contribution in [2.24, 2.45) is 0 Å². The molecule has 0 unspecified atom stereocenters. The summed E-state index contributed by atoms with van der Waals surface area (Å²) in [5, 5.41) is 6.74. The molecule has 0 fully saturated rings. The Labute approximate surface area is 313 Å². The van der Waals surface area contributed by atoms with Crippen LogP contribution in [0.2, 0.25) is 0 Å². The molecule has 11 aromatic rings. The molecule has 0 radical (unpaired) electrons. The normalized spacial score (nSPS) is 11.7. The van der Waals surface area contributed by atoms with Gasteiger partial charge < -0.3 is 4.42 Å². The summed E-state index contributed by atoms with van der Waals surface area (Å²) < 4.78 is 8.81. The quantitative estimate of drug-likeness (QED) is 0.178. The molecule has 5 nitrogen and oxygen atoms in total. The molecule has 0 bridgehead atoms. The Morgan fingerprint density at radius 3 is 1.89 bits per heavy atom. The van der Waals surface area contributed by atoms with Crippen molar-refractivity contribution in [1.82, 2.24) is 19.9 Å². The molecule has 0 saturated heterocycles. The first kappa shape index (κ1) is 30.6. The zero-order chi connectivity index (χ0) is 35.6. The van der Waals surface area contributed by atoms with Crippen molar-refractivity contribution < 1.29 is 4.42 Å². The average molecular weight is 709 g/mol. The van der Waals surface area contributed by atoms with Crippen LogP contribution in [0.3, 0.4) is 0 Å². The molecule has 0 aliphatic heterocycles. The predicted molar refractivity (Wildman–Crippen MR) is 222 cm³/mol. The Morgan fingerprint density at radius 2 is 1.06 bits per heavy atom. The number of nitrogens with zero attached hydrogens (tertiary/aromatic N) is 4. The van der Waals surface area contributed by atoms with E-state index in [1.807, 2.05) is 36.4 Å². The van der Waals surface area contributed by atoms with Gasteiger partial charge in [0.25, 0.3) is 0 Å². The SMILES string of the molecule is c1ccc(-c2nc3c(-c4nc(-c5ccc6ccccc6c5)nc(-c5ccc6ccccc6c5-c5ccccc5)n4)c4c(cc3o2)sc2ccccc24)cc1. The van der Waals surface area contributed by atoms with Gasteiger partial charge >= 0.3 is 0 Å². The van der Waals surface area contributed by atoms with Crippen molar-refractivity contribution in [3.63, 3.8) is 0 Å². The monoisotopic (exact) mass is 708 g/mol. The highest BCUT2D eigenvalue weighted by atomic mass is 32.1. The highest BCUT2D eigenvalue weighted by molar-refractivity contribution is 7.26. The van der Waals surface area contributed by atoms with E-state index in [9.17, 15) is 0 Å². The van der Waals surface area contributed by atoms with Gasteiger partial charge in [-0.2, -0.15) is 0 Å². The Kier molecular flexibility index (Phi) is 6.97. The lowest BCUT2D eigenvalue weighted by molar-refractivity contribution is 0.620. The van der Waals surface area contributed by atoms with Gasteiger partial charge in [0.2, 0.25) is 5.89 Å². The number of oxazole rings is 1. The lowest BCUT2D eigenvalue weighted by Crippen LogP contribution is -2.02. The van der Waals surface area contributed by atoms with Gasteiger partial charge in [-0.3, -0.25) is 0 Å². The summed E-state index contributed by atoms with van der Waals surface area (Å²) in [5.74, 6) is 2.27. The first-order chi connectivity index (χ1) is 26.7. The molecule has 54 heavy (non-hydrogen) atoms. The predicted octanol–water partition coefficient (Wildman–Crippen LogP) is 13.0. The van der Waals surface area contributed by atoms with Crippen LogP contribution >= 0.6 is 11.3 Å². The molecular formula is C48H28N4OS. The second-order valence-corrected chi connectivity index (χ2v) is 14.5. The van der Waals surface area contributed by atoms with E-state index in [1.165, 1.54) is 4.70 Å². The Hall–Kier alpha value is -7.02. The molecule has 11 rings (SSSR count). The number of rotatable bonds is 5. The van der Waals surface area contributed by atoms with Crippen molar-refractivity contribution in [2.75, 3.05) is 0 Å². The lowest BCUT2D eigenvalue weighted by Gasteiger charge is -2.15. The second-order valence-electron chi connectivity index (χ2n) is 13.4. The van der Waals surface area contributed by atoms with Gasteiger partial charge in [-0.05, 0) is 57.4 Å². The summed E-state index contributed by atoms with van der Waals surface area (Å²) in [6.07, 6.45) is 0. The second kappa shape index (κ2) is 12.3. The van der Waals surface area contributed by atoms with Crippen LogP contribution in [0.25, 0.3) is 110 Å². The highest BCUT2D eigenvalue weighted by Crippen LogP contribution is 2.45. The van der Waals surface area contributed by atoms with Gasteiger partial charge in [-0.1, -0.05) is 133 Å². The molecule has 3 aromatic heterocycles. The summed E-state index contributed by atoms with van der Waals surface area (Å²) in [6.45, 7) is 0. The van der Waals surface area contributed by atoms with E-state index in [2.05, 4.69) is 133 Å². The van der Waals surface area contributed by atoms with Crippen LogP contribution in [-0.2, 0) is 0 Å². The summed E-state index contributed by atoms with van der Waals surface area (Å²) in [6, 6.07) is 58.7. The zero-order valence-corrected chi connectivity index (χ0v) is 29.6. The fourth-order valence-electron chi connectivity index (χ4n) is 7.63. The van der Waals surface area contributed by atoms with Crippen LogP contribution in [0.15, 0.2) is 174 Å². The molecule has 0 aliphatic rings. The number of aromatic nitrogens is 4. The van der Waals surface area contributed by atoms with Crippen molar-refractivity contribution in [1.29, 1.82) is 0 Å². The first-order valence-electron chi connectivity index (χ1n) is 17.9. The minimum Gasteiger partial charge on any atom is -0.436 e. The van der Waals surface area contributed by atoms with Gasteiger partial charge in [-0.15, -0.1) is 11.3 Å². The van der Waals surface area contributed by atoms with Crippen LogP contribution in [0, 0.1) is 0 Å². The summed E-state index contributed by atoms with van der Waals surface area (Å²) in [7, 11) is 0. The molecule has 0 N–H and O–H groups in total. The van der Waals surface area contributed by atoms with Gasteiger partial charge in [-0.25, -0.2) is 19.9 Å². The lowest BCUT2D eigenvalue weighted by atomic mass is 9.93. The molecule has 0 spiro atoms. The van der Waals surface area contributed by atoms with E-state index in [0.29, 0.717) is 34.5 Å². The standard InChI is InChI=1S/C48H28N4OS/c1-3-15-31(16-4-1)41-35-20-10-9-14-30(35)25-26-37(41)46-50-45(34-24-23-29-13-7-8-19-33(29)27-34)51-47(52-46)43-42-36-21-11-12-22-39(36)54-40(42)28-38-44(43)49-48(53-38)32-17-5-2-6-18-32/h1-28H. The molecule has 6 heteroatoms. The number of fused-ring (bicyclic) bond motifs is 6. The summed E-state index contributed by atoms with van der Waals surface area (Å²) in [5.41, 5.74) is 7.14. The largest absolute Gasteiger partial charge is 0.436 e. The maximum Gasteiger partial charge on any atom is 0.227 e. The van der Waals surface area contributed by atoms with Crippen molar-refractivity contribution in [2.45, 2.75) is 0 Å². The van der Waals surface area contributed by atoms with Crippen LogP contribution in [-0.4, -0.2) is 19.9 Å². The molecular weight excluding hydrogens is 681 g/mol. The van der Waals surface area contributed by atoms with Crippen molar-refractivity contribution in [3.8, 4) is 56.7 Å². The van der Waals surface area contributed by atoms with E-state index in [4.69, 9.17) is 24.4 Å². The molecule has 3 heterocycles. The first-order valence-corrected chi connectivity index (χ1v) is 18.7. The average Bonchev–Trinajstić information content (AvgIpc) is 3.84. The topological polar surface area (TPSA) is 64.7 Å². The van der Waals surface area contributed by atoms with Gasteiger partial charge in [0.15, 0.2) is 23.1 Å². The third kappa shape index (κ3) is 4.99. The molecule has 0 atom stereocenters. The molecule has 8 aromatic carbocycles. The zero-order valence-electron chi connectivity index (χ0n) is 28.8. The van der Waals surface area contributed by atoms with E-state index in [-0.39, 0.29) is 0 Å². The van der Waals surface area contributed by atoms with E-state index in [1.54, 1.807) is 11.3 Å². The van der Waals surface area contributed by atoms with Gasteiger partial charge in [0, 0.05) is 48.5 Å². The van der Waals surface area contributed by atoms with E-state index < -0.39 is 0 Å². The van der Waals surface area contributed by atoms with E-state index >= 15 is 0 Å². The number of hydrogen-bond donors (Lipinski definition) is 0. The Bertz CT molecular complexity index is 3220. The summed E-state index contributed by atoms with van der Waals surface area (Å²) in [4.78, 5) is 21.2.